The topological polar surface area (TPSA) is 214 Å². The van der Waals surface area contributed by atoms with E-state index in [0.717, 1.165) is 0 Å². The molecule has 1 fully saturated rings. The summed E-state index contributed by atoms with van der Waals surface area (Å²) < 4.78 is 0. The molecule has 1 aromatic carbocycles. The fourth-order valence-corrected chi connectivity index (χ4v) is 6.56. The number of hydrogen-bond donors (Lipinski definition) is 7. The number of aromatic hydroxyl groups is 1. The second-order valence-electron chi connectivity index (χ2n) is 11.0. The van der Waals surface area contributed by atoms with Gasteiger partial charge in [0.1, 0.15) is 22.8 Å². The first kappa shape index (κ1) is 30.2. The number of hydrogen-bond acceptors (Lipinski definition) is 11. The number of phenolic OH excluding ortho intramolecular Hbond substituents is 1. The van der Waals surface area contributed by atoms with Gasteiger partial charge >= 0.3 is 0 Å². The molecule has 0 heterocycles. The molecule has 6 atom stereocenters. The van der Waals surface area contributed by atoms with Crippen LogP contribution in [0.1, 0.15) is 37.8 Å². The normalized spacial score (nSPS) is 29.4. The fourth-order valence-electron chi connectivity index (χ4n) is 6.56. The third kappa shape index (κ3) is 4.31. The van der Waals surface area contributed by atoms with Gasteiger partial charge in [-0.15, -0.1) is 0 Å². The number of Topliss-reactive ketones (excluding diaryl/α,β-unsaturated/α-hetero) is 2. The van der Waals surface area contributed by atoms with E-state index in [2.05, 4.69) is 5.32 Å². The summed E-state index contributed by atoms with van der Waals surface area (Å²) in [4.78, 5) is 55.1. The Morgan fingerprint density at radius 3 is 2.24 bits per heavy atom. The summed E-state index contributed by atoms with van der Waals surface area (Å²) in [5.41, 5.74) is 0.971. The van der Waals surface area contributed by atoms with Gasteiger partial charge in [0.05, 0.1) is 35.9 Å². The molecule has 222 valence electrons. The fraction of sp³-hybridized carbons (Fsp3) is 0.500. The van der Waals surface area contributed by atoms with Crippen molar-refractivity contribution < 1.29 is 44.7 Å². The number of ketones is 2. The highest BCUT2D eigenvalue weighted by molar-refractivity contribution is 6.24. The maximum atomic E-state index is 14.0. The molecule has 41 heavy (non-hydrogen) atoms. The molecule has 0 radical (unpaired) electrons. The Labute approximate surface area is 236 Å². The van der Waals surface area contributed by atoms with Crippen molar-refractivity contribution >= 4 is 34.8 Å². The number of primary amides is 1. The lowest BCUT2D eigenvalue weighted by atomic mass is 9.54. The Kier molecular flexibility index (Phi) is 7.78. The van der Waals surface area contributed by atoms with Crippen molar-refractivity contribution in [3.8, 4) is 5.75 Å². The zero-order chi connectivity index (χ0) is 30.7. The first-order chi connectivity index (χ1) is 19.1. The number of benzene rings is 1. The number of nitrogens with one attached hydrogen (secondary N) is 1. The Bertz CT molecular complexity index is 1400. The van der Waals surface area contributed by atoms with Gasteiger partial charge in [-0.05, 0) is 44.7 Å². The van der Waals surface area contributed by atoms with E-state index in [-0.39, 0.29) is 17.8 Å². The van der Waals surface area contributed by atoms with Crippen molar-refractivity contribution in [1.82, 2.24) is 9.80 Å². The van der Waals surface area contributed by atoms with E-state index < -0.39 is 87.3 Å². The van der Waals surface area contributed by atoms with Crippen molar-refractivity contribution in [1.29, 1.82) is 0 Å². The summed E-state index contributed by atoms with van der Waals surface area (Å²) in [7, 11) is 2.88. The molecule has 0 aromatic heterocycles. The Morgan fingerprint density at radius 1 is 1.10 bits per heavy atom. The van der Waals surface area contributed by atoms with E-state index in [1.54, 1.807) is 6.92 Å². The summed E-state index contributed by atoms with van der Waals surface area (Å²) in [6, 6.07) is 1.55. The Hall–Kier alpha value is -3.78. The zero-order valence-electron chi connectivity index (χ0n) is 23.5. The van der Waals surface area contributed by atoms with Crippen molar-refractivity contribution in [3.05, 3.63) is 40.2 Å². The molecule has 0 spiro atoms. The van der Waals surface area contributed by atoms with Gasteiger partial charge in [-0.3, -0.25) is 29.0 Å². The van der Waals surface area contributed by atoms with Crippen LogP contribution in [0.25, 0.3) is 5.76 Å². The summed E-state index contributed by atoms with van der Waals surface area (Å²) in [6.45, 7) is 6.72. The molecule has 1 unspecified atom stereocenters. The number of carbonyl (C=O) groups is 4. The van der Waals surface area contributed by atoms with Gasteiger partial charge in [-0.2, -0.15) is 0 Å². The van der Waals surface area contributed by atoms with E-state index in [1.165, 1.54) is 31.1 Å². The van der Waals surface area contributed by atoms with E-state index in [0.29, 0.717) is 18.7 Å². The summed E-state index contributed by atoms with van der Waals surface area (Å²) in [5, 5.41) is 59.5. The predicted molar refractivity (Wildman–Crippen MR) is 147 cm³/mol. The zero-order valence-corrected chi connectivity index (χ0v) is 23.5. The van der Waals surface area contributed by atoms with Crippen LogP contribution in [0.5, 0.6) is 5.75 Å². The molecule has 8 N–H and O–H groups in total. The van der Waals surface area contributed by atoms with E-state index >= 15 is 0 Å². The van der Waals surface area contributed by atoms with Crippen LogP contribution >= 0.6 is 0 Å². The molecule has 1 saturated carbocycles. The lowest BCUT2D eigenvalue weighted by Crippen LogP contribution is -2.70. The van der Waals surface area contributed by atoms with Gasteiger partial charge in [0, 0.05) is 11.5 Å². The van der Waals surface area contributed by atoms with Crippen LogP contribution in [-0.4, -0.2) is 110 Å². The van der Waals surface area contributed by atoms with Crippen LogP contribution in [0.4, 0.5) is 5.69 Å². The molecule has 3 aliphatic rings. The Morgan fingerprint density at radius 2 is 1.71 bits per heavy atom. The van der Waals surface area contributed by atoms with Crippen LogP contribution in [0.3, 0.4) is 0 Å². The van der Waals surface area contributed by atoms with Crippen LogP contribution < -0.4 is 11.1 Å². The number of aliphatic hydroxyl groups is 4. The second-order valence-corrected chi connectivity index (χ2v) is 11.0. The minimum absolute atomic E-state index is 0.0335. The number of likely N-dealkylation sites (N-methyl/N-ethyl adjacent to an activating group) is 2. The highest BCUT2D eigenvalue weighted by atomic mass is 16.4. The number of aliphatic hydroxyl groups excluding tert-OH is 3. The molecule has 0 aliphatic heterocycles. The third-order valence-corrected chi connectivity index (χ3v) is 8.67. The molecule has 0 bridgehead atoms. The summed E-state index contributed by atoms with van der Waals surface area (Å²) in [6.07, 6.45) is -1.68. The quantitative estimate of drug-likeness (QED) is 0.167. The van der Waals surface area contributed by atoms with Gasteiger partial charge in [0.15, 0.2) is 11.4 Å². The summed E-state index contributed by atoms with van der Waals surface area (Å²) >= 11 is 0. The van der Waals surface area contributed by atoms with Crippen LogP contribution in [-0.2, 0) is 19.2 Å². The molecular formula is C28H36N4O9. The van der Waals surface area contributed by atoms with Gasteiger partial charge in [-0.25, -0.2) is 0 Å². The molecule has 1 aromatic rings. The first-order valence-corrected chi connectivity index (χ1v) is 13.4. The van der Waals surface area contributed by atoms with E-state index in [9.17, 15) is 44.7 Å². The molecule has 13 heteroatoms. The summed E-state index contributed by atoms with van der Waals surface area (Å²) in [5.74, 6) is -10.2. The average molecular weight is 573 g/mol. The Balaban J connectivity index is 1.90. The standard InChI is InChI=1S/C28H36N4O9/c1-6-32(7-2)10-14(33)30-13-9-8-12-11(3)15-17(22(35)16(12)21(13)34)25(38)28(41)19(23(15)36)20(31(4)5)24(37)18(26(28)39)27(29)40/h8-9,11,15,19-20,23,34-36,39,41H,6-7,10H2,1-5H3,(H2,29,40)(H,30,33)/t11-,15?,19+,20-,23-,28-/m0/s1. The van der Waals surface area contributed by atoms with Gasteiger partial charge in [0.2, 0.25) is 11.7 Å². The predicted octanol–water partition coefficient (Wildman–Crippen LogP) is -0.224. The lowest BCUT2D eigenvalue weighted by Gasteiger charge is -2.53. The van der Waals surface area contributed by atoms with Crippen LogP contribution in [0, 0.1) is 11.8 Å². The molecule has 3 aliphatic carbocycles. The number of fused-ring (bicyclic) bond motifs is 3. The lowest BCUT2D eigenvalue weighted by molar-refractivity contribution is -0.169. The largest absolute Gasteiger partial charge is 0.508 e. The van der Waals surface area contributed by atoms with Crippen molar-refractivity contribution in [3.63, 3.8) is 0 Å². The van der Waals surface area contributed by atoms with Crippen molar-refractivity contribution in [2.45, 2.75) is 44.4 Å². The smallest absolute Gasteiger partial charge is 0.255 e. The van der Waals surface area contributed by atoms with Gasteiger partial charge in [0.25, 0.3) is 5.91 Å². The van der Waals surface area contributed by atoms with Crippen LogP contribution in [0.15, 0.2) is 29.0 Å². The van der Waals surface area contributed by atoms with Gasteiger partial charge in [-0.1, -0.05) is 26.8 Å². The van der Waals surface area contributed by atoms with Crippen molar-refractivity contribution in [2.75, 3.05) is 39.0 Å². The molecular weight excluding hydrogens is 536 g/mol. The molecule has 0 saturated heterocycles. The number of phenols is 1. The number of carbonyl (C=O) groups excluding carboxylic acids is 4. The molecule has 4 rings (SSSR count). The third-order valence-electron chi connectivity index (χ3n) is 8.67. The number of rotatable bonds is 7. The number of nitrogens with two attached hydrogens (primary N) is 1. The monoisotopic (exact) mass is 572 g/mol. The minimum atomic E-state index is -2.99. The average Bonchev–Trinajstić information content (AvgIpc) is 2.90. The highest BCUT2D eigenvalue weighted by Gasteiger charge is 2.68. The van der Waals surface area contributed by atoms with Crippen LogP contribution in [0.2, 0.25) is 0 Å². The SMILES string of the molecule is CCN(CC)CC(=O)Nc1ccc2c(c1O)C(O)=C1C(=O)[C@]3(O)C(O)=C(C(N)=O)C(=O)[C@@H](N(C)C)[C@@H]3[C@@H](O)C1[C@H]2C. The highest BCUT2D eigenvalue weighted by Crippen LogP contribution is 2.56. The maximum Gasteiger partial charge on any atom is 0.255 e. The number of anilines is 1. The first-order valence-electron chi connectivity index (χ1n) is 13.4. The van der Waals surface area contributed by atoms with E-state index in [1.807, 2.05) is 18.7 Å². The number of amides is 2. The molecule has 2 amide bonds. The van der Waals surface area contributed by atoms with Crippen molar-refractivity contribution in [2.24, 2.45) is 17.6 Å². The minimum Gasteiger partial charge on any atom is -0.508 e. The van der Waals surface area contributed by atoms with E-state index in [4.69, 9.17) is 5.73 Å². The maximum absolute atomic E-state index is 14.0. The number of nitrogens with zero attached hydrogens (tertiary/aromatic N) is 2. The molecule has 13 nitrogen and oxygen atoms in total. The van der Waals surface area contributed by atoms with Gasteiger partial charge < -0.3 is 36.6 Å². The second kappa shape index (κ2) is 10.6.